The van der Waals surface area contributed by atoms with Crippen molar-refractivity contribution in [2.45, 2.75) is 0 Å². The summed E-state index contributed by atoms with van der Waals surface area (Å²) in [4.78, 5) is 10.8. The highest BCUT2D eigenvalue weighted by Crippen LogP contribution is 1.96. The molecular weight excluding hydrogens is 170 g/mol. The number of rotatable bonds is 4. The highest BCUT2D eigenvalue weighted by Gasteiger charge is 2.15. The van der Waals surface area contributed by atoms with E-state index in [1.54, 1.807) is 0 Å². The Kier molecular flexibility index (Phi) is 9.40. The van der Waals surface area contributed by atoms with Gasteiger partial charge >= 0.3 is 5.97 Å². The van der Waals surface area contributed by atoms with Gasteiger partial charge in [0.2, 0.25) is 0 Å². The van der Waals surface area contributed by atoms with Gasteiger partial charge in [-0.3, -0.25) is 4.79 Å². The SMILES string of the molecule is COCC(CN)C(=O)OC.Cl. The Labute approximate surface area is 72.4 Å². The molecule has 1 unspecified atom stereocenters. The number of carbonyl (C=O) groups excluding carboxylic acids is 1. The van der Waals surface area contributed by atoms with Crippen LogP contribution in [0.15, 0.2) is 0 Å². The van der Waals surface area contributed by atoms with E-state index in [1.807, 2.05) is 0 Å². The average molecular weight is 184 g/mol. The summed E-state index contributed by atoms with van der Waals surface area (Å²) >= 11 is 0. The molecule has 0 saturated heterocycles. The maximum absolute atomic E-state index is 10.8. The third kappa shape index (κ3) is 5.01. The topological polar surface area (TPSA) is 61.5 Å². The summed E-state index contributed by atoms with van der Waals surface area (Å²) in [5, 5.41) is 0. The zero-order valence-electron chi connectivity index (χ0n) is 6.70. The fraction of sp³-hybridized carbons (Fsp3) is 0.833. The summed E-state index contributed by atoms with van der Waals surface area (Å²) < 4.78 is 9.19. The van der Waals surface area contributed by atoms with Crippen molar-refractivity contribution in [1.29, 1.82) is 0 Å². The number of hydrogen-bond acceptors (Lipinski definition) is 4. The lowest BCUT2D eigenvalue weighted by atomic mass is 10.2. The Morgan fingerprint density at radius 2 is 2.09 bits per heavy atom. The first-order valence-electron chi connectivity index (χ1n) is 3.03. The standard InChI is InChI=1S/C6H13NO3.ClH/c1-9-4-5(3-7)6(8)10-2;/h5H,3-4,7H2,1-2H3;1H. The van der Waals surface area contributed by atoms with Crippen molar-refractivity contribution < 1.29 is 14.3 Å². The Morgan fingerprint density at radius 3 is 2.36 bits per heavy atom. The van der Waals surface area contributed by atoms with Crippen LogP contribution in [0.2, 0.25) is 0 Å². The molecule has 0 aliphatic heterocycles. The van der Waals surface area contributed by atoms with Crippen LogP contribution in [-0.2, 0) is 14.3 Å². The Morgan fingerprint density at radius 1 is 1.55 bits per heavy atom. The average Bonchev–Trinajstić information content (AvgIpc) is 1.99. The molecule has 68 valence electrons. The molecule has 0 aromatic heterocycles. The van der Waals surface area contributed by atoms with Gasteiger partial charge in [-0.15, -0.1) is 12.4 Å². The lowest BCUT2D eigenvalue weighted by molar-refractivity contribution is -0.146. The Hall–Kier alpha value is -0.320. The van der Waals surface area contributed by atoms with Gasteiger partial charge in [0.25, 0.3) is 0 Å². The molecule has 4 nitrogen and oxygen atoms in total. The fourth-order valence-electron chi connectivity index (χ4n) is 0.600. The molecule has 5 heteroatoms. The van der Waals surface area contributed by atoms with Crippen LogP contribution < -0.4 is 5.73 Å². The van der Waals surface area contributed by atoms with Gasteiger partial charge in [-0.25, -0.2) is 0 Å². The first kappa shape index (κ1) is 13.3. The fourth-order valence-corrected chi connectivity index (χ4v) is 0.600. The third-order valence-corrected chi connectivity index (χ3v) is 1.19. The monoisotopic (exact) mass is 183 g/mol. The largest absolute Gasteiger partial charge is 0.469 e. The van der Waals surface area contributed by atoms with Crippen LogP contribution in [0.1, 0.15) is 0 Å². The second-order valence-corrected chi connectivity index (χ2v) is 1.91. The van der Waals surface area contributed by atoms with Crippen LogP contribution in [0.25, 0.3) is 0 Å². The van der Waals surface area contributed by atoms with E-state index < -0.39 is 0 Å². The molecule has 0 saturated carbocycles. The number of halogens is 1. The molecule has 1 atom stereocenters. The van der Waals surface area contributed by atoms with Crippen LogP contribution in [0.5, 0.6) is 0 Å². The van der Waals surface area contributed by atoms with Gasteiger partial charge in [0.15, 0.2) is 0 Å². The number of esters is 1. The first-order chi connectivity index (χ1) is 4.76. The molecule has 0 heterocycles. The highest BCUT2D eigenvalue weighted by molar-refractivity contribution is 5.85. The third-order valence-electron chi connectivity index (χ3n) is 1.19. The van der Waals surface area contributed by atoms with Crippen molar-refractivity contribution in [2.24, 2.45) is 11.7 Å². The number of methoxy groups -OCH3 is 2. The smallest absolute Gasteiger partial charge is 0.312 e. The Bertz CT molecular complexity index is 110. The van der Waals surface area contributed by atoms with Crippen LogP contribution in [0, 0.1) is 5.92 Å². The lowest BCUT2D eigenvalue weighted by Crippen LogP contribution is -2.28. The predicted octanol–water partition coefficient (Wildman–Crippen LogP) is -0.197. The maximum Gasteiger partial charge on any atom is 0.312 e. The quantitative estimate of drug-likeness (QED) is 0.614. The van der Waals surface area contributed by atoms with Crippen molar-refractivity contribution >= 4 is 18.4 Å². The Balaban J connectivity index is 0. The molecule has 0 rings (SSSR count). The molecule has 0 aromatic carbocycles. The van der Waals surface area contributed by atoms with E-state index >= 15 is 0 Å². The zero-order chi connectivity index (χ0) is 7.98. The molecule has 2 N–H and O–H groups in total. The molecule has 0 amide bonds. The van der Waals surface area contributed by atoms with Gasteiger partial charge in [0, 0.05) is 13.7 Å². The van der Waals surface area contributed by atoms with E-state index in [2.05, 4.69) is 4.74 Å². The molecule has 0 aromatic rings. The molecule has 0 aliphatic rings. The highest BCUT2D eigenvalue weighted by atomic mass is 35.5. The second-order valence-electron chi connectivity index (χ2n) is 1.91. The second kappa shape index (κ2) is 7.78. The molecule has 11 heavy (non-hydrogen) atoms. The molecule has 0 spiro atoms. The lowest BCUT2D eigenvalue weighted by Gasteiger charge is -2.09. The van der Waals surface area contributed by atoms with Gasteiger partial charge < -0.3 is 15.2 Å². The van der Waals surface area contributed by atoms with E-state index in [4.69, 9.17) is 10.5 Å². The van der Waals surface area contributed by atoms with Crippen molar-refractivity contribution in [3.05, 3.63) is 0 Å². The van der Waals surface area contributed by atoms with Gasteiger partial charge in [0.1, 0.15) is 0 Å². The number of hydrogen-bond donors (Lipinski definition) is 1. The van der Waals surface area contributed by atoms with E-state index in [0.717, 1.165) is 0 Å². The summed E-state index contributed by atoms with van der Waals surface area (Å²) in [6, 6.07) is 0. The summed E-state index contributed by atoms with van der Waals surface area (Å²) in [6.07, 6.45) is 0. The summed E-state index contributed by atoms with van der Waals surface area (Å²) in [5.74, 6) is -0.639. The zero-order valence-corrected chi connectivity index (χ0v) is 7.52. The minimum atomic E-state index is -0.324. The summed E-state index contributed by atoms with van der Waals surface area (Å²) in [5.41, 5.74) is 5.25. The first-order valence-corrected chi connectivity index (χ1v) is 3.03. The van der Waals surface area contributed by atoms with E-state index in [0.29, 0.717) is 6.61 Å². The number of nitrogens with two attached hydrogens (primary N) is 1. The van der Waals surface area contributed by atoms with Gasteiger partial charge in [-0.2, -0.15) is 0 Å². The predicted molar refractivity (Wildman–Crippen MR) is 43.7 cm³/mol. The maximum atomic E-state index is 10.8. The number of carbonyl (C=O) groups is 1. The molecule has 0 radical (unpaired) electrons. The molecule has 0 bridgehead atoms. The molecule has 0 aliphatic carbocycles. The minimum absolute atomic E-state index is 0. The van der Waals surface area contributed by atoms with E-state index in [9.17, 15) is 4.79 Å². The van der Waals surface area contributed by atoms with Gasteiger partial charge in [0.05, 0.1) is 19.6 Å². The summed E-state index contributed by atoms with van der Waals surface area (Å²) in [6.45, 7) is 0.587. The van der Waals surface area contributed by atoms with Crippen LogP contribution in [-0.4, -0.2) is 33.3 Å². The normalized spacial score (nSPS) is 11.5. The van der Waals surface area contributed by atoms with Gasteiger partial charge in [-0.1, -0.05) is 0 Å². The van der Waals surface area contributed by atoms with E-state index in [-0.39, 0.29) is 30.8 Å². The van der Waals surface area contributed by atoms with Crippen molar-refractivity contribution in [1.82, 2.24) is 0 Å². The molecular formula is C6H14ClNO3. The number of ether oxygens (including phenoxy) is 2. The van der Waals surface area contributed by atoms with Gasteiger partial charge in [-0.05, 0) is 0 Å². The van der Waals surface area contributed by atoms with Crippen LogP contribution >= 0.6 is 12.4 Å². The van der Waals surface area contributed by atoms with Crippen molar-refractivity contribution in [3.63, 3.8) is 0 Å². The van der Waals surface area contributed by atoms with Crippen LogP contribution in [0.3, 0.4) is 0 Å². The minimum Gasteiger partial charge on any atom is -0.469 e. The van der Waals surface area contributed by atoms with Crippen molar-refractivity contribution in [3.8, 4) is 0 Å². The van der Waals surface area contributed by atoms with E-state index in [1.165, 1.54) is 14.2 Å². The molecule has 0 fully saturated rings. The van der Waals surface area contributed by atoms with Crippen LogP contribution in [0.4, 0.5) is 0 Å². The van der Waals surface area contributed by atoms with Crippen molar-refractivity contribution in [2.75, 3.05) is 27.4 Å². The summed E-state index contributed by atoms with van der Waals surface area (Å²) in [7, 11) is 2.85.